The standard InChI is InChI=1S/C16H21N5O3/c1-10(2)8-21-14(22)12-13(18(4)16(21)23)17-15-19(6-7-24-5)11(3)9-20(12)15/h9H,1,6-8H2,2-5H3. The molecule has 0 saturated carbocycles. The molecular formula is C16H21N5O3. The highest BCUT2D eigenvalue weighted by Gasteiger charge is 2.19. The summed E-state index contributed by atoms with van der Waals surface area (Å²) in [5.74, 6) is 0.625. The van der Waals surface area contributed by atoms with Crippen LogP contribution in [0.15, 0.2) is 27.9 Å². The van der Waals surface area contributed by atoms with Crippen LogP contribution in [0, 0.1) is 6.92 Å². The van der Waals surface area contributed by atoms with Gasteiger partial charge in [-0.25, -0.2) is 4.79 Å². The Morgan fingerprint density at radius 1 is 1.33 bits per heavy atom. The average molecular weight is 331 g/mol. The third-order valence-corrected chi connectivity index (χ3v) is 4.09. The fourth-order valence-corrected chi connectivity index (χ4v) is 2.92. The van der Waals surface area contributed by atoms with E-state index < -0.39 is 5.69 Å². The Balaban J connectivity index is 2.39. The van der Waals surface area contributed by atoms with Crippen molar-refractivity contribution in [3.63, 3.8) is 0 Å². The fourth-order valence-electron chi connectivity index (χ4n) is 2.92. The van der Waals surface area contributed by atoms with E-state index >= 15 is 0 Å². The van der Waals surface area contributed by atoms with Crippen LogP contribution in [0.1, 0.15) is 12.6 Å². The van der Waals surface area contributed by atoms with Crippen molar-refractivity contribution in [2.45, 2.75) is 26.9 Å². The van der Waals surface area contributed by atoms with E-state index in [1.54, 1.807) is 25.5 Å². The number of nitrogens with zero attached hydrogens (tertiary/aromatic N) is 5. The Hall–Kier alpha value is -2.61. The second-order valence-corrected chi connectivity index (χ2v) is 6.06. The van der Waals surface area contributed by atoms with Crippen molar-refractivity contribution in [3.8, 4) is 0 Å². The molecule has 128 valence electrons. The van der Waals surface area contributed by atoms with Gasteiger partial charge >= 0.3 is 5.69 Å². The van der Waals surface area contributed by atoms with Crippen LogP contribution in [0.2, 0.25) is 0 Å². The number of fused-ring (bicyclic) bond motifs is 3. The molecule has 0 fully saturated rings. The Morgan fingerprint density at radius 2 is 2.04 bits per heavy atom. The maximum atomic E-state index is 12.9. The second kappa shape index (κ2) is 5.79. The normalized spacial score (nSPS) is 11.7. The van der Waals surface area contributed by atoms with Crippen molar-refractivity contribution in [1.82, 2.24) is 23.1 Å². The minimum absolute atomic E-state index is 0.193. The molecule has 0 saturated heterocycles. The summed E-state index contributed by atoms with van der Waals surface area (Å²) in [6.07, 6.45) is 1.86. The van der Waals surface area contributed by atoms with Gasteiger partial charge in [0, 0.05) is 32.6 Å². The number of allylic oxidation sites excluding steroid dienone is 1. The molecule has 0 amide bonds. The number of aryl methyl sites for hydroxylation is 2. The van der Waals surface area contributed by atoms with E-state index in [0.717, 1.165) is 11.3 Å². The number of aromatic nitrogens is 5. The summed E-state index contributed by atoms with van der Waals surface area (Å²) in [5.41, 5.74) is 1.74. The zero-order chi connectivity index (χ0) is 17.6. The molecule has 8 nitrogen and oxygen atoms in total. The molecule has 0 aliphatic rings. The molecule has 8 heteroatoms. The number of imidazole rings is 2. The summed E-state index contributed by atoms with van der Waals surface area (Å²) in [5, 5.41) is 0. The Labute approximate surface area is 138 Å². The Morgan fingerprint density at radius 3 is 2.67 bits per heavy atom. The maximum Gasteiger partial charge on any atom is 0.332 e. The molecule has 0 aromatic carbocycles. The van der Waals surface area contributed by atoms with E-state index in [1.165, 1.54) is 9.13 Å². The van der Waals surface area contributed by atoms with Crippen LogP contribution in [0.3, 0.4) is 0 Å². The van der Waals surface area contributed by atoms with Crippen LogP contribution in [-0.2, 0) is 24.9 Å². The van der Waals surface area contributed by atoms with Gasteiger partial charge in [-0.15, -0.1) is 0 Å². The SMILES string of the molecule is C=C(C)Cn1c(=O)c2c(nc3n(CCOC)c(C)cn23)n(C)c1=O. The summed E-state index contributed by atoms with van der Waals surface area (Å²) < 4.78 is 11.5. The van der Waals surface area contributed by atoms with Crippen LogP contribution in [0.5, 0.6) is 0 Å². The highest BCUT2D eigenvalue weighted by atomic mass is 16.5. The van der Waals surface area contributed by atoms with Crippen molar-refractivity contribution in [2.24, 2.45) is 7.05 Å². The molecule has 0 radical (unpaired) electrons. The van der Waals surface area contributed by atoms with Crippen molar-refractivity contribution in [2.75, 3.05) is 13.7 Å². The summed E-state index contributed by atoms with van der Waals surface area (Å²) in [4.78, 5) is 29.9. The largest absolute Gasteiger partial charge is 0.383 e. The molecule has 3 heterocycles. The molecule has 3 aromatic rings. The van der Waals surface area contributed by atoms with Gasteiger partial charge in [0.1, 0.15) is 0 Å². The third kappa shape index (κ3) is 2.30. The predicted molar refractivity (Wildman–Crippen MR) is 91.6 cm³/mol. The van der Waals surface area contributed by atoms with E-state index in [4.69, 9.17) is 4.74 Å². The van der Waals surface area contributed by atoms with Crippen LogP contribution in [-0.4, -0.2) is 36.8 Å². The van der Waals surface area contributed by atoms with Crippen LogP contribution >= 0.6 is 0 Å². The lowest BCUT2D eigenvalue weighted by Crippen LogP contribution is -2.39. The smallest absolute Gasteiger partial charge is 0.332 e. The molecule has 0 bridgehead atoms. The number of hydrogen-bond acceptors (Lipinski definition) is 4. The number of rotatable bonds is 5. The first kappa shape index (κ1) is 16.3. The molecule has 0 spiro atoms. The highest BCUT2D eigenvalue weighted by molar-refractivity contribution is 5.75. The first-order valence-corrected chi connectivity index (χ1v) is 7.67. The van der Waals surface area contributed by atoms with Gasteiger partial charge in [0.2, 0.25) is 5.78 Å². The van der Waals surface area contributed by atoms with E-state index in [-0.39, 0.29) is 12.1 Å². The number of hydrogen-bond donors (Lipinski definition) is 0. The van der Waals surface area contributed by atoms with Gasteiger partial charge in [-0.05, 0) is 13.8 Å². The maximum absolute atomic E-state index is 12.9. The molecule has 0 N–H and O–H groups in total. The van der Waals surface area contributed by atoms with Crippen molar-refractivity contribution >= 4 is 16.9 Å². The highest BCUT2D eigenvalue weighted by Crippen LogP contribution is 2.16. The van der Waals surface area contributed by atoms with Gasteiger partial charge in [-0.3, -0.25) is 18.3 Å². The zero-order valence-corrected chi connectivity index (χ0v) is 14.4. The van der Waals surface area contributed by atoms with Gasteiger partial charge in [0.25, 0.3) is 5.56 Å². The molecule has 0 atom stereocenters. The number of methoxy groups -OCH3 is 1. The van der Waals surface area contributed by atoms with Crippen LogP contribution < -0.4 is 11.2 Å². The minimum Gasteiger partial charge on any atom is -0.383 e. The van der Waals surface area contributed by atoms with E-state index in [1.807, 2.05) is 17.7 Å². The quantitative estimate of drug-likeness (QED) is 0.644. The average Bonchev–Trinajstić information content (AvgIpc) is 3.02. The van der Waals surface area contributed by atoms with Crippen molar-refractivity contribution < 1.29 is 4.74 Å². The topological polar surface area (TPSA) is 75.5 Å². The molecule has 3 rings (SSSR count). The van der Waals surface area contributed by atoms with Gasteiger partial charge in [0.15, 0.2) is 11.2 Å². The van der Waals surface area contributed by atoms with Crippen LogP contribution in [0.25, 0.3) is 16.9 Å². The Kier molecular flexibility index (Phi) is 3.92. The Bertz CT molecular complexity index is 1060. The lowest BCUT2D eigenvalue weighted by Gasteiger charge is -2.07. The molecular weight excluding hydrogens is 310 g/mol. The van der Waals surface area contributed by atoms with Gasteiger partial charge in [-0.1, -0.05) is 12.2 Å². The van der Waals surface area contributed by atoms with Crippen molar-refractivity contribution in [3.05, 3.63) is 44.9 Å². The summed E-state index contributed by atoms with van der Waals surface area (Å²) in [6.45, 7) is 8.88. The second-order valence-electron chi connectivity index (χ2n) is 6.06. The molecule has 0 aliphatic carbocycles. The van der Waals surface area contributed by atoms with E-state index in [2.05, 4.69) is 11.6 Å². The first-order chi connectivity index (χ1) is 11.4. The zero-order valence-electron chi connectivity index (χ0n) is 14.4. The lowest BCUT2D eigenvalue weighted by molar-refractivity contribution is 0.187. The van der Waals surface area contributed by atoms with E-state index in [9.17, 15) is 9.59 Å². The van der Waals surface area contributed by atoms with Gasteiger partial charge in [-0.2, -0.15) is 4.98 Å². The molecule has 24 heavy (non-hydrogen) atoms. The van der Waals surface area contributed by atoms with Crippen molar-refractivity contribution in [1.29, 1.82) is 0 Å². The van der Waals surface area contributed by atoms with Gasteiger partial charge in [0.05, 0.1) is 13.2 Å². The lowest BCUT2D eigenvalue weighted by atomic mass is 10.3. The summed E-state index contributed by atoms with van der Waals surface area (Å²) in [7, 11) is 3.26. The predicted octanol–water partition coefficient (Wildman–Crippen LogP) is 0.680. The monoisotopic (exact) mass is 331 g/mol. The number of ether oxygens (including phenoxy) is 1. The molecule has 3 aromatic heterocycles. The van der Waals surface area contributed by atoms with Crippen LogP contribution in [0.4, 0.5) is 0 Å². The summed E-state index contributed by atoms with van der Waals surface area (Å²) >= 11 is 0. The van der Waals surface area contributed by atoms with Gasteiger partial charge < -0.3 is 9.30 Å². The summed E-state index contributed by atoms with van der Waals surface area (Å²) in [6, 6.07) is 0. The fraction of sp³-hybridized carbons (Fsp3) is 0.438. The minimum atomic E-state index is -0.392. The third-order valence-electron chi connectivity index (χ3n) is 4.09. The molecule has 0 unspecified atom stereocenters. The molecule has 0 aliphatic heterocycles. The van der Waals surface area contributed by atoms with E-state index in [0.29, 0.717) is 30.1 Å². The first-order valence-electron chi connectivity index (χ1n) is 7.67.